The molecule has 0 unspecified atom stereocenters. The van der Waals surface area contributed by atoms with Crippen molar-refractivity contribution in [3.05, 3.63) is 36.3 Å². The Bertz CT molecular complexity index is 491. The van der Waals surface area contributed by atoms with Crippen molar-refractivity contribution >= 4 is 0 Å². The molecule has 0 spiro atoms. The highest BCUT2D eigenvalue weighted by Crippen LogP contribution is 2.37. The molecule has 1 aliphatic rings. The third kappa shape index (κ3) is 1.26. The highest BCUT2D eigenvalue weighted by molar-refractivity contribution is 5.63. The molecule has 15 heavy (non-hydrogen) atoms. The maximum Gasteiger partial charge on any atom is 0.231 e. The monoisotopic (exact) mass is 206 g/mol. The Balaban J connectivity index is 2.17. The van der Waals surface area contributed by atoms with Gasteiger partial charge in [0.05, 0.1) is 11.8 Å². The fourth-order valence-electron chi connectivity index (χ4n) is 1.54. The molecule has 0 N–H and O–H groups in total. The van der Waals surface area contributed by atoms with E-state index < -0.39 is 0 Å². The largest absolute Gasteiger partial charge is 0.464 e. The fraction of sp³-hybridized carbons (Fsp3) is 0.0909. The minimum Gasteiger partial charge on any atom is -0.464 e. The summed E-state index contributed by atoms with van der Waals surface area (Å²) in [7, 11) is 0. The minimum atomic E-state index is -0.380. The topological polar surface area (TPSA) is 31.6 Å². The summed E-state index contributed by atoms with van der Waals surface area (Å²) in [6.07, 6.45) is 1.50. The summed E-state index contributed by atoms with van der Waals surface area (Å²) in [4.78, 5) is 0. The van der Waals surface area contributed by atoms with Gasteiger partial charge in [0.2, 0.25) is 6.79 Å². The van der Waals surface area contributed by atoms with Crippen LogP contribution in [0, 0.1) is 5.82 Å². The van der Waals surface area contributed by atoms with Gasteiger partial charge in [-0.25, -0.2) is 4.39 Å². The van der Waals surface area contributed by atoms with Gasteiger partial charge in [0.1, 0.15) is 11.6 Å². The van der Waals surface area contributed by atoms with Gasteiger partial charge < -0.3 is 13.9 Å². The number of fused-ring (bicyclic) bond motifs is 1. The number of hydrogen-bond acceptors (Lipinski definition) is 3. The van der Waals surface area contributed by atoms with Crippen LogP contribution >= 0.6 is 0 Å². The van der Waals surface area contributed by atoms with E-state index in [2.05, 4.69) is 0 Å². The first-order chi connectivity index (χ1) is 7.34. The Morgan fingerprint density at radius 2 is 1.93 bits per heavy atom. The van der Waals surface area contributed by atoms with Gasteiger partial charge in [-0.1, -0.05) is 0 Å². The molecule has 2 aromatic rings. The normalized spacial score (nSPS) is 13.1. The van der Waals surface area contributed by atoms with Crippen molar-refractivity contribution in [2.75, 3.05) is 6.79 Å². The molecule has 1 aromatic carbocycles. The van der Waals surface area contributed by atoms with E-state index in [1.165, 1.54) is 12.3 Å². The number of rotatable bonds is 1. The molecule has 0 aliphatic carbocycles. The van der Waals surface area contributed by atoms with Crippen LogP contribution in [0.3, 0.4) is 0 Å². The molecule has 0 radical (unpaired) electrons. The zero-order valence-corrected chi connectivity index (χ0v) is 7.70. The molecule has 2 heterocycles. The van der Waals surface area contributed by atoms with Crippen molar-refractivity contribution in [2.45, 2.75) is 0 Å². The highest BCUT2D eigenvalue weighted by atomic mass is 19.1. The van der Waals surface area contributed by atoms with E-state index in [1.807, 2.05) is 0 Å². The van der Waals surface area contributed by atoms with E-state index in [-0.39, 0.29) is 12.6 Å². The summed E-state index contributed by atoms with van der Waals surface area (Å²) < 4.78 is 29.0. The molecular weight excluding hydrogens is 199 g/mol. The quantitative estimate of drug-likeness (QED) is 0.718. The van der Waals surface area contributed by atoms with Crippen molar-refractivity contribution in [3.8, 4) is 22.8 Å². The van der Waals surface area contributed by atoms with Crippen molar-refractivity contribution in [3.63, 3.8) is 0 Å². The zero-order valence-electron chi connectivity index (χ0n) is 7.70. The number of ether oxygens (including phenoxy) is 2. The third-order valence-electron chi connectivity index (χ3n) is 2.25. The number of furan rings is 1. The molecule has 1 aliphatic heterocycles. The van der Waals surface area contributed by atoms with Crippen LogP contribution in [0.2, 0.25) is 0 Å². The van der Waals surface area contributed by atoms with Crippen molar-refractivity contribution in [1.29, 1.82) is 0 Å². The lowest BCUT2D eigenvalue weighted by Crippen LogP contribution is -1.92. The van der Waals surface area contributed by atoms with Crippen LogP contribution in [0.15, 0.2) is 34.9 Å². The van der Waals surface area contributed by atoms with E-state index in [0.717, 1.165) is 0 Å². The van der Waals surface area contributed by atoms with Gasteiger partial charge in [0.25, 0.3) is 0 Å². The maximum absolute atomic E-state index is 13.6. The SMILES string of the molecule is Fc1cc2c(cc1-c1ccco1)OCO2. The van der Waals surface area contributed by atoms with Gasteiger partial charge in [0.15, 0.2) is 11.5 Å². The first kappa shape index (κ1) is 8.35. The lowest BCUT2D eigenvalue weighted by molar-refractivity contribution is 0.174. The smallest absolute Gasteiger partial charge is 0.231 e. The molecule has 0 amide bonds. The second-order valence-corrected chi connectivity index (χ2v) is 3.16. The van der Waals surface area contributed by atoms with Gasteiger partial charge in [-0.15, -0.1) is 0 Å². The fourth-order valence-corrected chi connectivity index (χ4v) is 1.54. The Morgan fingerprint density at radius 1 is 1.13 bits per heavy atom. The molecule has 0 fully saturated rings. The second kappa shape index (κ2) is 3.02. The molecule has 76 valence electrons. The highest BCUT2D eigenvalue weighted by Gasteiger charge is 2.19. The van der Waals surface area contributed by atoms with Crippen LogP contribution in [0.4, 0.5) is 4.39 Å². The standard InChI is InChI=1S/C11H7FO3/c12-8-5-11-10(14-6-15-11)4-7(8)9-2-1-3-13-9/h1-5H,6H2. The minimum absolute atomic E-state index is 0.135. The van der Waals surface area contributed by atoms with E-state index in [0.29, 0.717) is 22.8 Å². The summed E-state index contributed by atoms with van der Waals surface area (Å²) in [6.45, 7) is 0.135. The molecule has 4 heteroatoms. The van der Waals surface area contributed by atoms with E-state index >= 15 is 0 Å². The van der Waals surface area contributed by atoms with Gasteiger partial charge in [-0.3, -0.25) is 0 Å². The van der Waals surface area contributed by atoms with E-state index in [1.54, 1.807) is 18.2 Å². The van der Waals surface area contributed by atoms with Crippen LogP contribution in [0.1, 0.15) is 0 Å². The summed E-state index contributed by atoms with van der Waals surface area (Å²) in [5.74, 6) is 1.07. The molecular formula is C11H7FO3. The predicted octanol–water partition coefficient (Wildman–Crippen LogP) is 2.81. The summed E-state index contributed by atoms with van der Waals surface area (Å²) in [5.41, 5.74) is 0.379. The molecule has 1 aromatic heterocycles. The zero-order chi connectivity index (χ0) is 10.3. The Labute approximate surface area is 85.0 Å². The summed E-state index contributed by atoms with van der Waals surface area (Å²) in [5, 5.41) is 0. The van der Waals surface area contributed by atoms with E-state index in [4.69, 9.17) is 13.9 Å². The molecule has 0 saturated carbocycles. The van der Waals surface area contributed by atoms with Gasteiger partial charge in [0, 0.05) is 6.07 Å². The van der Waals surface area contributed by atoms with Gasteiger partial charge in [-0.05, 0) is 18.2 Å². The van der Waals surface area contributed by atoms with Crippen LogP contribution in [0.25, 0.3) is 11.3 Å². The maximum atomic E-state index is 13.6. The van der Waals surface area contributed by atoms with E-state index in [9.17, 15) is 4.39 Å². The summed E-state index contributed by atoms with van der Waals surface area (Å²) >= 11 is 0. The van der Waals surface area contributed by atoms with Crippen molar-refractivity contribution < 1.29 is 18.3 Å². The Hall–Kier alpha value is -1.97. The molecule has 3 nitrogen and oxygen atoms in total. The average molecular weight is 206 g/mol. The number of halogens is 1. The second-order valence-electron chi connectivity index (χ2n) is 3.16. The summed E-state index contributed by atoms with van der Waals surface area (Å²) in [6, 6.07) is 6.29. The molecule has 0 atom stereocenters. The van der Waals surface area contributed by atoms with Crippen LogP contribution in [-0.4, -0.2) is 6.79 Å². The van der Waals surface area contributed by atoms with Crippen LogP contribution < -0.4 is 9.47 Å². The lowest BCUT2D eigenvalue weighted by atomic mass is 10.1. The first-order valence-electron chi connectivity index (χ1n) is 4.47. The van der Waals surface area contributed by atoms with Crippen LogP contribution in [-0.2, 0) is 0 Å². The lowest BCUT2D eigenvalue weighted by Gasteiger charge is -2.01. The molecule has 3 rings (SSSR count). The van der Waals surface area contributed by atoms with Crippen LogP contribution in [0.5, 0.6) is 11.5 Å². The Kier molecular flexibility index (Phi) is 1.68. The third-order valence-corrected chi connectivity index (χ3v) is 2.25. The Morgan fingerprint density at radius 3 is 2.67 bits per heavy atom. The molecule has 0 saturated heterocycles. The van der Waals surface area contributed by atoms with Gasteiger partial charge >= 0.3 is 0 Å². The predicted molar refractivity (Wildman–Crippen MR) is 50.2 cm³/mol. The van der Waals surface area contributed by atoms with Gasteiger partial charge in [-0.2, -0.15) is 0 Å². The number of hydrogen-bond donors (Lipinski definition) is 0. The number of benzene rings is 1. The first-order valence-corrected chi connectivity index (χ1v) is 4.47. The van der Waals surface area contributed by atoms with Crippen molar-refractivity contribution in [2.24, 2.45) is 0 Å². The molecule has 0 bridgehead atoms. The average Bonchev–Trinajstić information content (AvgIpc) is 2.85. The van der Waals surface area contributed by atoms with Crippen molar-refractivity contribution in [1.82, 2.24) is 0 Å².